The van der Waals surface area contributed by atoms with Gasteiger partial charge >= 0.3 is 0 Å². The van der Waals surface area contributed by atoms with E-state index < -0.39 is 0 Å². The number of hydrogen-bond donors (Lipinski definition) is 1. The SMILES string of the molecule is OC1CCCN(CCn2ccnc2)c2ccccc21. The monoisotopic (exact) mass is 257 g/mol. The van der Waals surface area contributed by atoms with Crippen LogP contribution < -0.4 is 4.90 Å². The van der Waals surface area contributed by atoms with E-state index in [1.165, 1.54) is 5.69 Å². The number of para-hydroxylation sites is 1. The second-order valence-electron chi connectivity index (χ2n) is 5.00. The average molecular weight is 257 g/mol. The lowest BCUT2D eigenvalue weighted by molar-refractivity contribution is 0.168. The number of aromatic nitrogens is 2. The van der Waals surface area contributed by atoms with Gasteiger partial charge in [0.2, 0.25) is 0 Å². The van der Waals surface area contributed by atoms with Gasteiger partial charge in [0.15, 0.2) is 0 Å². The number of rotatable bonds is 3. The Kier molecular flexibility index (Phi) is 3.51. The van der Waals surface area contributed by atoms with Gasteiger partial charge in [-0.25, -0.2) is 4.98 Å². The molecule has 4 heteroatoms. The zero-order chi connectivity index (χ0) is 13.1. The predicted octanol–water partition coefficient (Wildman–Crippen LogP) is 2.22. The third-order valence-electron chi connectivity index (χ3n) is 3.73. The predicted molar refractivity (Wildman–Crippen MR) is 75.1 cm³/mol. The molecule has 0 radical (unpaired) electrons. The molecule has 0 fully saturated rings. The minimum absolute atomic E-state index is 0.325. The Morgan fingerprint density at radius 2 is 2.16 bits per heavy atom. The van der Waals surface area contributed by atoms with E-state index in [0.29, 0.717) is 0 Å². The van der Waals surface area contributed by atoms with Crippen molar-refractivity contribution < 1.29 is 5.11 Å². The van der Waals surface area contributed by atoms with Crippen LogP contribution in [-0.2, 0) is 6.54 Å². The van der Waals surface area contributed by atoms with Crippen molar-refractivity contribution in [2.45, 2.75) is 25.5 Å². The Morgan fingerprint density at radius 1 is 1.26 bits per heavy atom. The zero-order valence-electron chi connectivity index (χ0n) is 10.9. The van der Waals surface area contributed by atoms with E-state index in [4.69, 9.17) is 0 Å². The van der Waals surface area contributed by atoms with Gasteiger partial charge in [-0.15, -0.1) is 0 Å². The van der Waals surface area contributed by atoms with E-state index in [1.54, 1.807) is 6.20 Å². The van der Waals surface area contributed by atoms with Gasteiger partial charge in [0.05, 0.1) is 12.4 Å². The first-order valence-electron chi connectivity index (χ1n) is 6.82. The molecule has 1 atom stereocenters. The Morgan fingerprint density at radius 3 is 3.00 bits per heavy atom. The number of hydrogen-bond acceptors (Lipinski definition) is 3. The highest BCUT2D eigenvalue weighted by molar-refractivity contribution is 5.55. The van der Waals surface area contributed by atoms with E-state index in [-0.39, 0.29) is 6.10 Å². The zero-order valence-corrected chi connectivity index (χ0v) is 10.9. The number of aliphatic hydroxyl groups is 1. The molecule has 1 aliphatic rings. The molecule has 1 aliphatic heterocycles. The summed E-state index contributed by atoms with van der Waals surface area (Å²) in [6, 6.07) is 8.19. The lowest BCUT2D eigenvalue weighted by Gasteiger charge is -2.25. The van der Waals surface area contributed by atoms with Gasteiger partial charge in [-0.1, -0.05) is 18.2 Å². The van der Waals surface area contributed by atoms with Crippen molar-refractivity contribution in [3.05, 3.63) is 48.5 Å². The molecule has 1 unspecified atom stereocenters. The third kappa shape index (κ3) is 2.63. The molecule has 1 N–H and O–H groups in total. The second-order valence-corrected chi connectivity index (χ2v) is 5.00. The van der Waals surface area contributed by atoms with Crippen LogP contribution in [0.4, 0.5) is 5.69 Å². The van der Waals surface area contributed by atoms with Crippen LogP contribution in [0.1, 0.15) is 24.5 Å². The van der Waals surface area contributed by atoms with E-state index >= 15 is 0 Å². The first-order valence-corrected chi connectivity index (χ1v) is 6.82. The van der Waals surface area contributed by atoms with Crippen LogP contribution in [0, 0.1) is 0 Å². The van der Waals surface area contributed by atoms with E-state index in [2.05, 4.69) is 20.5 Å². The molecule has 0 saturated carbocycles. The number of fused-ring (bicyclic) bond motifs is 1. The molecule has 2 heterocycles. The van der Waals surface area contributed by atoms with E-state index in [0.717, 1.165) is 38.0 Å². The molecule has 0 aliphatic carbocycles. The van der Waals surface area contributed by atoms with E-state index in [9.17, 15) is 5.11 Å². The molecule has 3 rings (SSSR count). The van der Waals surface area contributed by atoms with Crippen LogP contribution in [0.25, 0.3) is 0 Å². The number of imidazole rings is 1. The molecule has 0 amide bonds. The largest absolute Gasteiger partial charge is 0.388 e. The van der Waals surface area contributed by atoms with Gasteiger partial charge in [0.25, 0.3) is 0 Å². The molecule has 0 bridgehead atoms. The maximum atomic E-state index is 10.2. The van der Waals surface area contributed by atoms with Gasteiger partial charge in [0, 0.05) is 43.3 Å². The van der Waals surface area contributed by atoms with Crippen molar-refractivity contribution in [1.82, 2.24) is 9.55 Å². The Labute approximate surface area is 113 Å². The smallest absolute Gasteiger partial charge is 0.0946 e. The molecule has 2 aromatic rings. The molecule has 19 heavy (non-hydrogen) atoms. The molecular formula is C15H19N3O. The molecule has 100 valence electrons. The normalized spacial score (nSPS) is 19.0. The van der Waals surface area contributed by atoms with Crippen molar-refractivity contribution in [3.8, 4) is 0 Å². The average Bonchev–Trinajstić information content (AvgIpc) is 2.90. The summed E-state index contributed by atoms with van der Waals surface area (Å²) in [6.45, 7) is 2.87. The van der Waals surface area contributed by atoms with E-state index in [1.807, 2.05) is 30.7 Å². The minimum atomic E-state index is -0.325. The molecule has 0 saturated heterocycles. The Hall–Kier alpha value is -1.81. The van der Waals surface area contributed by atoms with Crippen LogP contribution in [0.15, 0.2) is 43.0 Å². The Balaban J connectivity index is 1.79. The quantitative estimate of drug-likeness (QED) is 0.916. The number of nitrogens with zero attached hydrogens (tertiary/aromatic N) is 3. The third-order valence-corrected chi connectivity index (χ3v) is 3.73. The summed E-state index contributed by atoms with van der Waals surface area (Å²) in [5.74, 6) is 0. The van der Waals surface area contributed by atoms with Crippen LogP contribution in [-0.4, -0.2) is 27.7 Å². The van der Waals surface area contributed by atoms with Gasteiger partial charge in [0.1, 0.15) is 0 Å². The lowest BCUT2D eigenvalue weighted by Crippen LogP contribution is -2.28. The highest BCUT2D eigenvalue weighted by atomic mass is 16.3. The molecule has 1 aromatic carbocycles. The van der Waals surface area contributed by atoms with Crippen molar-refractivity contribution in [2.24, 2.45) is 0 Å². The molecular weight excluding hydrogens is 238 g/mol. The maximum Gasteiger partial charge on any atom is 0.0946 e. The standard InChI is InChI=1S/C15H19N3O/c19-15-6-3-8-18(11-10-17-9-7-16-12-17)14-5-2-1-4-13(14)15/h1-2,4-5,7,9,12,15,19H,3,6,8,10-11H2. The van der Waals surface area contributed by atoms with Crippen LogP contribution in [0.3, 0.4) is 0 Å². The fourth-order valence-corrected chi connectivity index (χ4v) is 2.70. The highest BCUT2D eigenvalue weighted by Crippen LogP contribution is 2.32. The summed E-state index contributed by atoms with van der Waals surface area (Å²) in [5, 5.41) is 10.2. The van der Waals surface area contributed by atoms with Crippen molar-refractivity contribution in [2.75, 3.05) is 18.0 Å². The number of anilines is 1. The lowest BCUT2D eigenvalue weighted by atomic mass is 10.0. The van der Waals surface area contributed by atoms with Crippen LogP contribution in [0.5, 0.6) is 0 Å². The fourth-order valence-electron chi connectivity index (χ4n) is 2.70. The summed E-state index contributed by atoms with van der Waals surface area (Å²) >= 11 is 0. The number of benzene rings is 1. The highest BCUT2D eigenvalue weighted by Gasteiger charge is 2.20. The molecule has 4 nitrogen and oxygen atoms in total. The molecule has 1 aromatic heterocycles. The fraction of sp³-hybridized carbons (Fsp3) is 0.400. The summed E-state index contributed by atoms with van der Waals surface area (Å²) in [7, 11) is 0. The summed E-state index contributed by atoms with van der Waals surface area (Å²) < 4.78 is 2.09. The van der Waals surface area contributed by atoms with Gasteiger partial charge in [-0.2, -0.15) is 0 Å². The number of aliphatic hydroxyl groups excluding tert-OH is 1. The van der Waals surface area contributed by atoms with Crippen LogP contribution >= 0.6 is 0 Å². The summed E-state index contributed by atoms with van der Waals surface area (Å²) in [5.41, 5.74) is 2.23. The second kappa shape index (κ2) is 5.45. The van der Waals surface area contributed by atoms with Gasteiger partial charge < -0.3 is 14.6 Å². The first kappa shape index (κ1) is 12.2. The topological polar surface area (TPSA) is 41.3 Å². The van der Waals surface area contributed by atoms with Crippen molar-refractivity contribution in [3.63, 3.8) is 0 Å². The van der Waals surface area contributed by atoms with Crippen molar-refractivity contribution in [1.29, 1.82) is 0 Å². The Bertz CT molecular complexity index is 524. The minimum Gasteiger partial charge on any atom is -0.388 e. The van der Waals surface area contributed by atoms with Crippen molar-refractivity contribution >= 4 is 5.69 Å². The van der Waals surface area contributed by atoms with Gasteiger partial charge in [-0.3, -0.25) is 0 Å². The van der Waals surface area contributed by atoms with Crippen LogP contribution in [0.2, 0.25) is 0 Å². The first-order chi connectivity index (χ1) is 9.34. The van der Waals surface area contributed by atoms with Gasteiger partial charge in [-0.05, 0) is 18.9 Å². The molecule has 0 spiro atoms. The summed E-state index contributed by atoms with van der Waals surface area (Å²) in [4.78, 5) is 6.43. The maximum absolute atomic E-state index is 10.2. The summed E-state index contributed by atoms with van der Waals surface area (Å²) in [6.07, 6.45) is 7.18.